The van der Waals surface area contributed by atoms with Crippen molar-refractivity contribution in [3.63, 3.8) is 0 Å². The van der Waals surface area contributed by atoms with Gasteiger partial charge in [0.15, 0.2) is 0 Å². The summed E-state index contributed by atoms with van der Waals surface area (Å²) < 4.78 is 5.64. The molecule has 0 fully saturated rings. The first kappa shape index (κ1) is 17.1. The molecule has 2 aromatic rings. The second-order valence-electron chi connectivity index (χ2n) is 5.71. The lowest BCUT2D eigenvalue weighted by Crippen LogP contribution is -2.33. The Bertz CT molecular complexity index is 687. The standard InChI is InChI=1S/C19H23N5O/c1-2-6-17(7-3-1)9-12-25-13-11-21-19-22-15-24(16-23-19)14-18-8-4-5-10-20-18/h1-8,10,15H,9,11-14,16H2,(H,21,23). The summed E-state index contributed by atoms with van der Waals surface area (Å²) in [6.07, 6.45) is 4.53. The van der Waals surface area contributed by atoms with Crippen LogP contribution in [-0.2, 0) is 17.7 Å². The highest BCUT2D eigenvalue weighted by molar-refractivity contribution is 5.88. The van der Waals surface area contributed by atoms with E-state index in [9.17, 15) is 0 Å². The van der Waals surface area contributed by atoms with Gasteiger partial charge in [0.25, 0.3) is 0 Å². The van der Waals surface area contributed by atoms with Crippen molar-refractivity contribution in [2.24, 2.45) is 9.98 Å². The lowest BCUT2D eigenvalue weighted by Gasteiger charge is -2.20. The Morgan fingerprint density at radius 1 is 1.04 bits per heavy atom. The number of rotatable bonds is 8. The van der Waals surface area contributed by atoms with Gasteiger partial charge in [0.1, 0.15) is 6.67 Å². The van der Waals surface area contributed by atoms with Gasteiger partial charge < -0.3 is 15.0 Å². The number of hydrogen-bond donors (Lipinski definition) is 1. The van der Waals surface area contributed by atoms with Crippen LogP contribution >= 0.6 is 0 Å². The van der Waals surface area contributed by atoms with Crippen molar-refractivity contribution in [1.82, 2.24) is 15.2 Å². The molecule has 6 heteroatoms. The van der Waals surface area contributed by atoms with Crippen molar-refractivity contribution in [3.05, 3.63) is 66.0 Å². The monoisotopic (exact) mass is 337 g/mol. The number of aliphatic imine (C=N–C) groups is 2. The molecule has 0 saturated carbocycles. The molecule has 3 rings (SSSR count). The van der Waals surface area contributed by atoms with Gasteiger partial charge >= 0.3 is 0 Å². The molecule has 6 nitrogen and oxygen atoms in total. The molecule has 0 atom stereocenters. The lowest BCUT2D eigenvalue weighted by atomic mass is 10.2. The van der Waals surface area contributed by atoms with E-state index < -0.39 is 0 Å². The van der Waals surface area contributed by atoms with Crippen LogP contribution in [0.4, 0.5) is 0 Å². The van der Waals surface area contributed by atoms with Gasteiger partial charge in [-0.2, -0.15) is 0 Å². The van der Waals surface area contributed by atoms with Crippen LogP contribution in [0.25, 0.3) is 0 Å². The van der Waals surface area contributed by atoms with E-state index in [1.54, 1.807) is 12.5 Å². The van der Waals surface area contributed by atoms with Crippen molar-refractivity contribution < 1.29 is 4.74 Å². The van der Waals surface area contributed by atoms with E-state index in [-0.39, 0.29) is 0 Å². The fraction of sp³-hybridized carbons (Fsp3) is 0.316. The number of nitrogens with zero attached hydrogens (tertiary/aromatic N) is 4. The summed E-state index contributed by atoms with van der Waals surface area (Å²) >= 11 is 0. The largest absolute Gasteiger partial charge is 0.379 e. The normalized spacial score (nSPS) is 13.6. The van der Waals surface area contributed by atoms with Crippen LogP contribution in [0.5, 0.6) is 0 Å². The number of nitrogens with one attached hydrogen (secondary N) is 1. The predicted molar refractivity (Wildman–Crippen MR) is 99.5 cm³/mol. The molecule has 0 spiro atoms. The van der Waals surface area contributed by atoms with E-state index in [1.165, 1.54) is 5.56 Å². The minimum atomic E-state index is 0.581. The highest BCUT2D eigenvalue weighted by Crippen LogP contribution is 2.02. The second-order valence-corrected chi connectivity index (χ2v) is 5.71. The Morgan fingerprint density at radius 2 is 1.92 bits per heavy atom. The zero-order valence-corrected chi connectivity index (χ0v) is 14.2. The highest BCUT2D eigenvalue weighted by Gasteiger charge is 2.07. The zero-order valence-electron chi connectivity index (χ0n) is 14.2. The number of ether oxygens (including phenoxy) is 1. The molecule has 1 aromatic heterocycles. The molecular formula is C19H23N5O. The number of benzene rings is 1. The maximum Gasteiger partial charge on any atom is 0.221 e. The summed E-state index contributed by atoms with van der Waals surface area (Å²) in [4.78, 5) is 15.1. The number of hydrogen-bond acceptors (Lipinski definition) is 6. The van der Waals surface area contributed by atoms with Gasteiger partial charge in [0.05, 0.1) is 31.8 Å². The Labute approximate surface area is 148 Å². The topological polar surface area (TPSA) is 62.1 Å². The number of aromatic nitrogens is 1. The van der Waals surface area contributed by atoms with Crippen LogP contribution < -0.4 is 5.32 Å². The predicted octanol–water partition coefficient (Wildman–Crippen LogP) is 2.09. The van der Waals surface area contributed by atoms with Gasteiger partial charge in [-0.15, -0.1) is 0 Å². The molecule has 2 heterocycles. The molecule has 1 aromatic carbocycles. The molecule has 0 saturated heterocycles. The molecule has 25 heavy (non-hydrogen) atoms. The van der Waals surface area contributed by atoms with Crippen LogP contribution in [-0.4, -0.2) is 48.6 Å². The fourth-order valence-corrected chi connectivity index (χ4v) is 2.44. The number of pyridine rings is 1. The molecule has 0 unspecified atom stereocenters. The highest BCUT2D eigenvalue weighted by atomic mass is 16.5. The first-order chi connectivity index (χ1) is 12.4. The van der Waals surface area contributed by atoms with Gasteiger partial charge in [0.2, 0.25) is 5.96 Å². The van der Waals surface area contributed by atoms with E-state index >= 15 is 0 Å². The van der Waals surface area contributed by atoms with Gasteiger partial charge in [-0.1, -0.05) is 36.4 Å². The average Bonchev–Trinajstić information content (AvgIpc) is 2.67. The van der Waals surface area contributed by atoms with Gasteiger partial charge in [-0.05, 0) is 24.1 Å². The van der Waals surface area contributed by atoms with Crippen LogP contribution in [0, 0.1) is 0 Å². The van der Waals surface area contributed by atoms with Crippen molar-refractivity contribution >= 4 is 12.3 Å². The molecule has 1 N–H and O–H groups in total. The van der Waals surface area contributed by atoms with E-state index in [1.807, 2.05) is 41.3 Å². The van der Waals surface area contributed by atoms with Crippen LogP contribution in [0.1, 0.15) is 11.3 Å². The van der Waals surface area contributed by atoms with Crippen molar-refractivity contribution in [2.45, 2.75) is 13.0 Å². The quantitative estimate of drug-likeness (QED) is 0.749. The van der Waals surface area contributed by atoms with Crippen LogP contribution in [0.15, 0.2) is 64.7 Å². The van der Waals surface area contributed by atoms with E-state index in [2.05, 4.69) is 32.4 Å². The molecule has 1 aliphatic rings. The van der Waals surface area contributed by atoms with Crippen LogP contribution in [0.2, 0.25) is 0 Å². The summed E-state index contributed by atoms with van der Waals surface area (Å²) in [6.45, 7) is 3.35. The third-order valence-corrected chi connectivity index (χ3v) is 3.74. The van der Waals surface area contributed by atoms with Gasteiger partial charge in [-0.25, -0.2) is 9.98 Å². The summed E-state index contributed by atoms with van der Waals surface area (Å²) in [5.74, 6) is 0.656. The zero-order chi connectivity index (χ0) is 17.2. The Balaban J connectivity index is 1.28. The minimum Gasteiger partial charge on any atom is -0.379 e. The summed E-state index contributed by atoms with van der Waals surface area (Å²) in [7, 11) is 0. The fourth-order valence-electron chi connectivity index (χ4n) is 2.44. The number of guanidine groups is 1. The van der Waals surface area contributed by atoms with E-state index in [0.717, 1.165) is 18.7 Å². The molecule has 0 bridgehead atoms. The van der Waals surface area contributed by atoms with Crippen molar-refractivity contribution in [2.75, 3.05) is 26.4 Å². The summed E-state index contributed by atoms with van der Waals surface area (Å²) in [6, 6.07) is 16.2. The molecular weight excluding hydrogens is 314 g/mol. The second kappa shape index (κ2) is 9.54. The summed E-state index contributed by atoms with van der Waals surface area (Å²) in [5.41, 5.74) is 2.30. The Morgan fingerprint density at radius 3 is 2.68 bits per heavy atom. The Kier molecular flexibility index (Phi) is 6.53. The van der Waals surface area contributed by atoms with Gasteiger partial charge in [0, 0.05) is 12.7 Å². The first-order valence-electron chi connectivity index (χ1n) is 8.48. The van der Waals surface area contributed by atoms with Gasteiger partial charge in [-0.3, -0.25) is 4.98 Å². The van der Waals surface area contributed by atoms with E-state index in [0.29, 0.717) is 32.3 Å². The maximum atomic E-state index is 5.64. The van der Waals surface area contributed by atoms with E-state index in [4.69, 9.17) is 4.74 Å². The van der Waals surface area contributed by atoms with Crippen molar-refractivity contribution in [3.8, 4) is 0 Å². The third-order valence-electron chi connectivity index (χ3n) is 3.74. The molecule has 0 aliphatic carbocycles. The molecule has 130 valence electrons. The summed E-state index contributed by atoms with van der Waals surface area (Å²) in [5, 5.41) is 3.19. The smallest absolute Gasteiger partial charge is 0.221 e. The SMILES string of the molecule is C1=NC(NCCOCCc2ccccc2)=NCN1Cc1ccccn1. The third kappa shape index (κ3) is 6.00. The van der Waals surface area contributed by atoms with Crippen LogP contribution in [0.3, 0.4) is 0 Å². The minimum absolute atomic E-state index is 0.581. The Hall–Kier alpha value is -2.73. The lowest BCUT2D eigenvalue weighted by molar-refractivity contribution is 0.142. The molecule has 0 amide bonds. The maximum absolute atomic E-state index is 5.64. The first-order valence-corrected chi connectivity index (χ1v) is 8.48. The molecule has 0 radical (unpaired) electrons. The average molecular weight is 337 g/mol. The van der Waals surface area contributed by atoms with Crippen molar-refractivity contribution in [1.29, 1.82) is 0 Å². The molecule has 1 aliphatic heterocycles.